The van der Waals surface area contributed by atoms with Crippen molar-refractivity contribution in [2.75, 3.05) is 5.75 Å². The second kappa shape index (κ2) is 6.60. The van der Waals surface area contributed by atoms with E-state index in [1.165, 1.54) is 25.0 Å². The van der Waals surface area contributed by atoms with Gasteiger partial charge in [-0.1, -0.05) is 28.0 Å². The Hall–Kier alpha value is 0.170. The first-order valence-corrected chi connectivity index (χ1v) is 7.17. The van der Waals surface area contributed by atoms with Gasteiger partial charge in [0.15, 0.2) is 0 Å². The standard InChI is InChI=1S/C9H16O2S2/c10-9(11)6-2-1-4-8-5-3-7-12-13-8/h8H,1-7H2,(H,10,11). The molecule has 1 rings (SSSR count). The highest BCUT2D eigenvalue weighted by molar-refractivity contribution is 8.77. The molecule has 1 N–H and O–H groups in total. The van der Waals surface area contributed by atoms with Crippen LogP contribution in [0.5, 0.6) is 0 Å². The maximum atomic E-state index is 10.2. The van der Waals surface area contributed by atoms with Crippen molar-refractivity contribution in [2.24, 2.45) is 0 Å². The Morgan fingerprint density at radius 3 is 2.92 bits per heavy atom. The smallest absolute Gasteiger partial charge is 0.303 e. The average Bonchev–Trinajstić information content (AvgIpc) is 2.14. The zero-order valence-electron chi connectivity index (χ0n) is 7.70. The molecule has 1 aliphatic rings. The van der Waals surface area contributed by atoms with Crippen LogP contribution in [-0.2, 0) is 4.79 Å². The lowest BCUT2D eigenvalue weighted by Crippen LogP contribution is -2.06. The van der Waals surface area contributed by atoms with Gasteiger partial charge in [0.1, 0.15) is 0 Å². The van der Waals surface area contributed by atoms with Crippen molar-refractivity contribution in [3.63, 3.8) is 0 Å². The van der Waals surface area contributed by atoms with Gasteiger partial charge in [-0.25, -0.2) is 0 Å². The highest BCUT2D eigenvalue weighted by Crippen LogP contribution is 2.37. The Kier molecular flexibility index (Phi) is 5.71. The fourth-order valence-electron chi connectivity index (χ4n) is 1.40. The summed E-state index contributed by atoms with van der Waals surface area (Å²) in [5.41, 5.74) is 0. The first-order chi connectivity index (χ1) is 6.29. The maximum absolute atomic E-state index is 10.2. The van der Waals surface area contributed by atoms with Crippen LogP contribution in [0.4, 0.5) is 0 Å². The van der Waals surface area contributed by atoms with Gasteiger partial charge < -0.3 is 5.11 Å². The monoisotopic (exact) mass is 220 g/mol. The molecule has 1 unspecified atom stereocenters. The van der Waals surface area contributed by atoms with Gasteiger partial charge in [0, 0.05) is 17.4 Å². The zero-order chi connectivity index (χ0) is 9.52. The number of hydrogen-bond acceptors (Lipinski definition) is 3. The fourth-order valence-corrected chi connectivity index (χ4v) is 4.30. The van der Waals surface area contributed by atoms with Gasteiger partial charge in [0.2, 0.25) is 0 Å². The molecule has 1 saturated heterocycles. The molecule has 1 aliphatic heterocycles. The van der Waals surface area contributed by atoms with Gasteiger partial charge in [-0.3, -0.25) is 4.79 Å². The number of unbranched alkanes of at least 4 members (excludes halogenated alkanes) is 1. The lowest BCUT2D eigenvalue weighted by Gasteiger charge is -2.19. The number of rotatable bonds is 5. The molecular weight excluding hydrogens is 204 g/mol. The molecule has 0 radical (unpaired) electrons. The first kappa shape index (κ1) is 11.2. The Morgan fingerprint density at radius 2 is 2.31 bits per heavy atom. The molecule has 76 valence electrons. The van der Waals surface area contributed by atoms with Crippen LogP contribution in [0.25, 0.3) is 0 Å². The minimum atomic E-state index is -0.661. The summed E-state index contributed by atoms with van der Waals surface area (Å²) in [6, 6.07) is 0. The fraction of sp³-hybridized carbons (Fsp3) is 0.889. The second-order valence-corrected chi connectivity index (χ2v) is 6.11. The summed E-state index contributed by atoms with van der Waals surface area (Å²) in [6.45, 7) is 0. The molecule has 0 aliphatic carbocycles. The molecule has 0 saturated carbocycles. The summed E-state index contributed by atoms with van der Waals surface area (Å²) >= 11 is 0. The van der Waals surface area contributed by atoms with Gasteiger partial charge in [0.05, 0.1) is 0 Å². The topological polar surface area (TPSA) is 37.3 Å². The van der Waals surface area contributed by atoms with E-state index in [2.05, 4.69) is 0 Å². The van der Waals surface area contributed by atoms with Crippen LogP contribution in [-0.4, -0.2) is 22.1 Å². The summed E-state index contributed by atoms with van der Waals surface area (Å²) in [4.78, 5) is 10.2. The molecule has 2 nitrogen and oxygen atoms in total. The Balaban J connectivity index is 1.95. The van der Waals surface area contributed by atoms with E-state index >= 15 is 0 Å². The van der Waals surface area contributed by atoms with Crippen molar-refractivity contribution < 1.29 is 9.90 Å². The summed E-state index contributed by atoms with van der Waals surface area (Å²) in [6.07, 6.45) is 6.11. The molecule has 4 heteroatoms. The lowest BCUT2D eigenvalue weighted by atomic mass is 10.1. The number of carbonyl (C=O) groups is 1. The number of hydrogen-bond donors (Lipinski definition) is 1. The average molecular weight is 220 g/mol. The van der Waals surface area contributed by atoms with E-state index in [1.807, 2.05) is 21.6 Å². The predicted octanol–water partition coefficient (Wildman–Crippen LogP) is 3.18. The number of aliphatic carboxylic acids is 1. The van der Waals surface area contributed by atoms with Crippen molar-refractivity contribution in [3.05, 3.63) is 0 Å². The highest BCUT2D eigenvalue weighted by Gasteiger charge is 2.13. The molecule has 1 fully saturated rings. The molecular formula is C9H16O2S2. The van der Waals surface area contributed by atoms with Crippen molar-refractivity contribution in [3.8, 4) is 0 Å². The van der Waals surface area contributed by atoms with Crippen molar-refractivity contribution >= 4 is 27.6 Å². The van der Waals surface area contributed by atoms with Gasteiger partial charge >= 0.3 is 5.97 Å². The third-order valence-corrected chi connectivity index (χ3v) is 5.18. The van der Waals surface area contributed by atoms with Crippen molar-refractivity contribution in [2.45, 2.75) is 43.8 Å². The van der Waals surface area contributed by atoms with E-state index in [1.54, 1.807) is 0 Å². The normalized spacial score (nSPS) is 22.9. The van der Waals surface area contributed by atoms with E-state index in [0.717, 1.165) is 18.1 Å². The zero-order valence-corrected chi connectivity index (χ0v) is 9.33. The summed E-state index contributed by atoms with van der Waals surface area (Å²) in [7, 11) is 3.96. The summed E-state index contributed by atoms with van der Waals surface area (Å²) < 4.78 is 0. The van der Waals surface area contributed by atoms with Gasteiger partial charge in [-0.05, 0) is 25.7 Å². The summed E-state index contributed by atoms with van der Waals surface area (Å²) in [5, 5.41) is 9.23. The second-order valence-electron chi connectivity index (χ2n) is 3.32. The maximum Gasteiger partial charge on any atom is 0.303 e. The first-order valence-electron chi connectivity index (χ1n) is 4.79. The quantitative estimate of drug-likeness (QED) is 0.570. The van der Waals surface area contributed by atoms with Crippen LogP contribution in [0, 0.1) is 0 Å². The van der Waals surface area contributed by atoms with E-state index in [9.17, 15) is 4.79 Å². The van der Waals surface area contributed by atoms with Crippen LogP contribution in [0.3, 0.4) is 0 Å². The molecule has 0 aromatic rings. The third-order valence-electron chi connectivity index (χ3n) is 2.12. The largest absolute Gasteiger partial charge is 0.481 e. The Morgan fingerprint density at radius 1 is 1.46 bits per heavy atom. The van der Waals surface area contributed by atoms with Crippen molar-refractivity contribution in [1.82, 2.24) is 0 Å². The van der Waals surface area contributed by atoms with E-state index < -0.39 is 5.97 Å². The molecule has 0 amide bonds. The summed E-state index contributed by atoms with van der Waals surface area (Å²) in [5.74, 6) is 0.627. The van der Waals surface area contributed by atoms with Crippen LogP contribution >= 0.6 is 21.6 Å². The number of carboxylic acid groups (broad SMARTS) is 1. The van der Waals surface area contributed by atoms with Crippen molar-refractivity contribution in [1.29, 1.82) is 0 Å². The highest BCUT2D eigenvalue weighted by atomic mass is 33.1. The molecule has 1 heterocycles. The SMILES string of the molecule is O=C(O)CCCCC1CCCSS1. The van der Waals surface area contributed by atoms with Gasteiger partial charge in [-0.2, -0.15) is 0 Å². The molecule has 0 aromatic carbocycles. The molecule has 0 bridgehead atoms. The minimum Gasteiger partial charge on any atom is -0.481 e. The van der Waals surface area contributed by atoms with Crippen LogP contribution in [0.15, 0.2) is 0 Å². The van der Waals surface area contributed by atoms with E-state index in [-0.39, 0.29) is 0 Å². The van der Waals surface area contributed by atoms with E-state index in [4.69, 9.17) is 5.11 Å². The van der Waals surface area contributed by atoms with E-state index in [0.29, 0.717) is 6.42 Å². The molecule has 0 spiro atoms. The van der Waals surface area contributed by atoms with Gasteiger partial charge in [0.25, 0.3) is 0 Å². The third kappa shape index (κ3) is 5.47. The van der Waals surface area contributed by atoms with Crippen LogP contribution in [0.1, 0.15) is 38.5 Å². The van der Waals surface area contributed by atoms with Crippen LogP contribution < -0.4 is 0 Å². The molecule has 1 atom stereocenters. The molecule has 0 aromatic heterocycles. The predicted molar refractivity (Wildman–Crippen MR) is 59.2 cm³/mol. The van der Waals surface area contributed by atoms with Gasteiger partial charge in [-0.15, -0.1) is 0 Å². The minimum absolute atomic E-state index is 0.338. The number of carboxylic acids is 1. The molecule has 13 heavy (non-hydrogen) atoms. The Bertz CT molecular complexity index is 156. The van der Waals surface area contributed by atoms with Crippen LogP contribution in [0.2, 0.25) is 0 Å². The Labute approximate surface area is 87.3 Å². The lowest BCUT2D eigenvalue weighted by molar-refractivity contribution is -0.137.